The molecule has 3 nitrogen and oxygen atoms in total. The van der Waals surface area contributed by atoms with Gasteiger partial charge >= 0.3 is 0 Å². The molecule has 1 N–H and O–H groups in total. The van der Waals surface area contributed by atoms with Gasteiger partial charge in [0.25, 0.3) is 0 Å². The maximum atomic E-state index is 3.52. The van der Waals surface area contributed by atoms with E-state index in [1.165, 1.54) is 59.7 Å². The predicted molar refractivity (Wildman–Crippen MR) is 124 cm³/mol. The molecule has 1 atom stereocenters. The lowest BCUT2D eigenvalue weighted by atomic mass is 9.76. The SMILES string of the molecule is CCn1c2ccccc2c2cc([C@@H](C3CCC3)N3CCNCC3)ccc21.Cl.Cl. The fraction of sp³-hybridized carbons (Fsp3) is 0.478. The molecule has 28 heavy (non-hydrogen) atoms. The van der Waals surface area contributed by atoms with Crippen molar-refractivity contribution in [2.24, 2.45) is 5.92 Å². The second kappa shape index (κ2) is 9.04. The summed E-state index contributed by atoms with van der Waals surface area (Å²) in [5.74, 6) is 0.838. The first-order valence-electron chi connectivity index (χ1n) is 10.3. The van der Waals surface area contributed by atoms with E-state index >= 15 is 0 Å². The highest BCUT2D eigenvalue weighted by Gasteiger charge is 2.33. The van der Waals surface area contributed by atoms with Crippen LogP contribution < -0.4 is 5.32 Å². The predicted octanol–water partition coefficient (Wildman–Crippen LogP) is 5.40. The van der Waals surface area contributed by atoms with Crippen LogP contribution in [0.2, 0.25) is 0 Å². The van der Waals surface area contributed by atoms with Gasteiger partial charge in [0.15, 0.2) is 0 Å². The number of aromatic nitrogens is 1. The van der Waals surface area contributed by atoms with Gasteiger partial charge in [-0.05, 0) is 49.4 Å². The molecule has 0 bridgehead atoms. The van der Waals surface area contributed by atoms with Crippen LogP contribution in [0.25, 0.3) is 21.8 Å². The van der Waals surface area contributed by atoms with Gasteiger partial charge in [0, 0.05) is 60.6 Å². The third-order valence-electron chi connectivity index (χ3n) is 6.60. The molecule has 0 spiro atoms. The quantitative estimate of drug-likeness (QED) is 0.610. The van der Waals surface area contributed by atoms with E-state index in [0.29, 0.717) is 6.04 Å². The van der Waals surface area contributed by atoms with Crippen LogP contribution in [-0.2, 0) is 6.54 Å². The summed E-state index contributed by atoms with van der Waals surface area (Å²) >= 11 is 0. The number of hydrogen-bond donors (Lipinski definition) is 1. The Kier molecular flexibility index (Phi) is 6.93. The van der Waals surface area contributed by atoms with Gasteiger partial charge in [-0.25, -0.2) is 0 Å². The van der Waals surface area contributed by atoms with Gasteiger partial charge in [-0.1, -0.05) is 30.7 Å². The third kappa shape index (κ3) is 3.54. The van der Waals surface area contributed by atoms with Crippen molar-refractivity contribution in [3.8, 4) is 0 Å². The first-order chi connectivity index (χ1) is 12.9. The molecule has 5 rings (SSSR count). The topological polar surface area (TPSA) is 20.2 Å². The van der Waals surface area contributed by atoms with E-state index in [0.717, 1.165) is 25.6 Å². The highest BCUT2D eigenvalue weighted by molar-refractivity contribution is 6.08. The van der Waals surface area contributed by atoms with Gasteiger partial charge in [0.05, 0.1) is 0 Å². The summed E-state index contributed by atoms with van der Waals surface area (Å²) < 4.78 is 2.46. The lowest BCUT2D eigenvalue weighted by molar-refractivity contribution is 0.0838. The normalized spacial score (nSPS) is 19.0. The maximum absolute atomic E-state index is 3.52. The fourth-order valence-electron chi connectivity index (χ4n) is 5.09. The molecule has 1 aliphatic carbocycles. The molecule has 0 radical (unpaired) electrons. The largest absolute Gasteiger partial charge is 0.341 e. The van der Waals surface area contributed by atoms with Crippen LogP contribution in [0.4, 0.5) is 0 Å². The number of halogens is 2. The van der Waals surface area contributed by atoms with Crippen molar-refractivity contribution in [1.82, 2.24) is 14.8 Å². The average Bonchev–Trinajstić information content (AvgIpc) is 2.98. The highest BCUT2D eigenvalue weighted by Crippen LogP contribution is 2.43. The molecule has 5 heteroatoms. The van der Waals surface area contributed by atoms with E-state index in [-0.39, 0.29) is 24.8 Å². The van der Waals surface area contributed by atoms with Crippen LogP contribution in [0.15, 0.2) is 42.5 Å². The molecule has 0 amide bonds. The molecule has 0 unspecified atom stereocenters. The highest BCUT2D eigenvalue weighted by atomic mass is 35.5. The minimum atomic E-state index is 0. The molecule has 1 saturated heterocycles. The Balaban J connectivity index is 0.00000112. The fourth-order valence-corrected chi connectivity index (χ4v) is 5.09. The second-order valence-corrected chi connectivity index (χ2v) is 7.96. The minimum absolute atomic E-state index is 0. The average molecular weight is 420 g/mol. The summed E-state index contributed by atoms with van der Waals surface area (Å²) in [4.78, 5) is 2.74. The molecule has 1 aromatic heterocycles. The Hall–Kier alpha value is -1.26. The number of piperazine rings is 1. The minimum Gasteiger partial charge on any atom is -0.341 e. The Labute approximate surface area is 180 Å². The summed E-state index contributed by atoms with van der Waals surface area (Å²) in [6.07, 6.45) is 4.19. The number of nitrogens with zero attached hydrogens (tertiary/aromatic N) is 2. The maximum Gasteiger partial charge on any atom is 0.0491 e. The summed E-state index contributed by atoms with van der Waals surface area (Å²) in [6.45, 7) is 7.87. The monoisotopic (exact) mass is 419 g/mol. The van der Waals surface area contributed by atoms with Crippen LogP contribution in [0.5, 0.6) is 0 Å². The van der Waals surface area contributed by atoms with E-state index in [1.807, 2.05) is 0 Å². The number of para-hydroxylation sites is 1. The van der Waals surface area contributed by atoms with E-state index in [4.69, 9.17) is 0 Å². The van der Waals surface area contributed by atoms with Crippen LogP contribution in [0.1, 0.15) is 37.8 Å². The van der Waals surface area contributed by atoms with Gasteiger partial charge in [0.1, 0.15) is 0 Å². The second-order valence-electron chi connectivity index (χ2n) is 7.96. The standard InChI is InChI=1S/C23H29N3.2ClH/c1-2-26-21-9-4-3-8-19(21)20-16-18(10-11-22(20)26)23(17-6-5-7-17)25-14-12-24-13-15-25;;/h3-4,8-11,16-17,23-24H,2,5-7,12-15H2,1H3;2*1H/t23-;;/m1../s1. The first kappa shape index (κ1) is 21.4. The smallest absolute Gasteiger partial charge is 0.0491 e. The molecule has 152 valence electrons. The zero-order valence-electron chi connectivity index (χ0n) is 16.6. The number of fused-ring (bicyclic) bond motifs is 3. The van der Waals surface area contributed by atoms with Crippen LogP contribution in [0, 0.1) is 5.92 Å². The van der Waals surface area contributed by atoms with E-state index in [9.17, 15) is 0 Å². The molecule has 1 aliphatic heterocycles. The molecule has 2 aromatic carbocycles. The lowest BCUT2D eigenvalue weighted by Gasteiger charge is -2.43. The van der Waals surface area contributed by atoms with Crippen molar-refractivity contribution in [2.75, 3.05) is 26.2 Å². The zero-order chi connectivity index (χ0) is 17.5. The molecule has 1 saturated carbocycles. The van der Waals surface area contributed by atoms with Crippen LogP contribution in [0.3, 0.4) is 0 Å². The number of hydrogen-bond acceptors (Lipinski definition) is 2. The van der Waals surface area contributed by atoms with Crippen molar-refractivity contribution in [1.29, 1.82) is 0 Å². The number of rotatable bonds is 4. The molecule has 2 aliphatic rings. The van der Waals surface area contributed by atoms with E-state index in [1.54, 1.807) is 0 Å². The van der Waals surface area contributed by atoms with Gasteiger partial charge < -0.3 is 9.88 Å². The lowest BCUT2D eigenvalue weighted by Crippen LogP contribution is -2.47. The third-order valence-corrected chi connectivity index (χ3v) is 6.60. The summed E-state index contributed by atoms with van der Waals surface area (Å²) in [6, 6.07) is 16.8. The Bertz CT molecular complexity index is 926. The molecule has 2 fully saturated rings. The van der Waals surface area contributed by atoms with Crippen LogP contribution >= 0.6 is 24.8 Å². The van der Waals surface area contributed by atoms with Gasteiger partial charge in [0.2, 0.25) is 0 Å². The van der Waals surface area contributed by atoms with Crippen LogP contribution in [-0.4, -0.2) is 35.6 Å². The zero-order valence-corrected chi connectivity index (χ0v) is 18.2. The van der Waals surface area contributed by atoms with E-state index in [2.05, 4.69) is 64.2 Å². The molecule has 3 aromatic rings. The Morgan fingerprint density at radius 1 is 0.964 bits per heavy atom. The summed E-state index contributed by atoms with van der Waals surface area (Å²) in [5.41, 5.74) is 4.28. The van der Waals surface area contributed by atoms with E-state index < -0.39 is 0 Å². The molecule has 2 heterocycles. The van der Waals surface area contributed by atoms with Crippen molar-refractivity contribution in [2.45, 2.75) is 38.8 Å². The summed E-state index contributed by atoms with van der Waals surface area (Å²) in [5, 5.41) is 6.35. The van der Waals surface area contributed by atoms with Crippen molar-refractivity contribution in [3.63, 3.8) is 0 Å². The van der Waals surface area contributed by atoms with Gasteiger partial charge in [-0.3, -0.25) is 4.90 Å². The Morgan fingerprint density at radius 3 is 2.36 bits per heavy atom. The summed E-state index contributed by atoms with van der Waals surface area (Å²) in [7, 11) is 0. The molecular weight excluding hydrogens is 389 g/mol. The van der Waals surface area contributed by atoms with Crippen molar-refractivity contribution >= 4 is 46.6 Å². The van der Waals surface area contributed by atoms with Crippen molar-refractivity contribution < 1.29 is 0 Å². The number of benzene rings is 2. The number of aryl methyl sites for hydroxylation is 1. The van der Waals surface area contributed by atoms with Gasteiger partial charge in [-0.2, -0.15) is 0 Å². The molecular formula is C23H31Cl2N3. The first-order valence-corrected chi connectivity index (χ1v) is 10.3. The number of nitrogens with one attached hydrogen (secondary N) is 1. The van der Waals surface area contributed by atoms with Gasteiger partial charge in [-0.15, -0.1) is 24.8 Å². The Morgan fingerprint density at radius 2 is 1.68 bits per heavy atom. The van der Waals surface area contributed by atoms with Crippen molar-refractivity contribution in [3.05, 3.63) is 48.0 Å².